The molecular weight excluding hydrogens is 484 g/mol. The van der Waals surface area contributed by atoms with Crippen LogP contribution in [-0.2, 0) is 9.59 Å². The highest BCUT2D eigenvalue weighted by Crippen LogP contribution is 2.45. The van der Waals surface area contributed by atoms with Crippen LogP contribution in [0, 0.1) is 34.6 Å². The minimum absolute atomic E-state index is 0.0190. The summed E-state index contributed by atoms with van der Waals surface area (Å²) in [7, 11) is 1.52. The van der Waals surface area contributed by atoms with Crippen molar-refractivity contribution in [3.8, 4) is 5.75 Å². The lowest BCUT2D eigenvalue weighted by molar-refractivity contribution is -0.132. The van der Waals surface area contributed by atoms with Gasteiger partial charge in [0.2, 0.25) is 0 Å². The van der Waals surface area contributed by atoms with Crippen LogP contribution in [0.25, 0.3) is 16.0 Å². The maximum Gasteiger partial charge on any atom is 0.301 e. The predicted molar refractivity (Wildman–Crippen MR) is 148 cm³/mol. The van der Waals surface area contributed by atoms with Crippen molar-refractivity contribution >= 4 is 44.1 Å². The van der Waals surface area contributed by atoms with Crippen molar-refractivity contribution < 1.29 is 19.4 Å². The average molecular weight is 513 g/mol. The fraction of sp³-hybridized carbons (Fsp3) is 0.233. The van der Waals surface area contributed by atoms with Crippen LogP contribution in [0.3, 0.4) is 0 Å². The summed E-state index contributed by atoms with van der Waals surface area (Å²) >= 11 is 1.36. The number of amides is 1. The highest BCUT2D eigenvalue weighted by atomic mass is 32.1. The molecule has 5 rings (SSSR count). The molecule has 37 heavy (non-hydrogen) atoms. The lowest BCUT2D eigenvalue weighted by atomic mass is 9.93. The van der Waals surface area contributed by atoms with Gasteiger partial charge >= 0.3 is 5.91 Å². The summed E-state index contributed by atoms with van der Waals surface area (Å²) in [5.74, 6) is -1.27. The maximum atomic E-state index is 13.6. The Bertz CT molecular complexity index is 1590. The molecule has 1 aliphatic rings. The molecule has 1 fully saturated rings. The Morgan fingerprint density at radius 2 is 1.68 bits per heavy atom. The third-order valence-corrected chi connectivity index (χ3v) is 7.90. The Kier molecular flexibility index (Phi) is 6.12. The second-order valence-electron chi connectivity index (χ2n) is 9.65. The van der Waals surface area contributed by atoms with Crippen molar-refractivity contribution in [3.63, 3.8) is 0 Å². The maximum absolute atomic E-state index is 13.6. The largest absolute Gasteiger partial charge is 0.507 e. The minimum Gasteiger partial charge on any atom is -0.507 e. The first kappa shape index (κ1) is 24.7. The van der Waals surface area contributed by atoms with Gasteiger partial charge in [-0.3, -0.25) is 14.5 Å². The summed E-state index contributed by atoms with van der Waals surface area (Å²) in [6.07, 6.45) is 0. The number of nitrogens with zero attached hydrogens (tertiary/aromatic N) is 2. The second kappa shape index (κ2) is 9.16. The third kappa shape index (κ3) is 4.09. The van der Waals surface area contributed by atoms with Crippen LogP contribution >= 0.6 is 11.3 Å². The molecule has 0 radical (unpaired) electrons. The van der Waals surface area contributed by atoms with E-state index in [0.29, 0.717) is 16.4 Å². The Balaban J connectivity index is 1.78. The van der Waals surface area contributed by atoms with Gasteiger partial charge in [0.1, 0.15) is 11.5 Å². The molecule has 0 spiro atoms. The van der Waals surface area contributed by atoms with E-state index in [1.165, 1.54) is 23.3 Å². The molecule has 1 atom stereocenters. The van der Waals surface area contributed by atoms with E-state index < -0.39 is 17.7 Å². The summed E-state index contributed by atoms with van der Waals surface area (Å²) in [5.41, 5.74) is 6.81. The fourth-order valence-corrected chi connectivity index (χ4v) is 6.07. The molecule has 0 aliphatic carbocycles. The van der Waals surface area contributed by atoms with E-state index in [9.17, 15) is 14.7 Å². The van der Waals surface area contributed by atoms with E-state index in [2.05, 4.69) is 0 Å². The van der Waals surface area contributed by atoms with Crippen LogP contribution in [0.2, 0.25) is 0 Å². The Hall–Kier alpha value is -3.97. The lowest BCUT2D eigenvalue weighted by Gasteiger charge is -2.23. The Morgan fingerprint density at radius 3 is 2.38 bits per heavy atom. The zero-order valence-corrected chi connectivity index (χ0v) is 22.5. The number of hydrogen-bond donors (Lipinski definition) is 1. The lowest BCUT2D eigenvalue weighted by Crippen LogP contribution is -2.29. The van der Waals surface area contributed by atoms with Gasteiger partial charge in [-0.25, -0.2) is 4.98 Å². The molecule has 3 aromatic carbocycles. The monoisotopic (exact) mass is 512 g/mol. The molecule has 188 valence electrons. The number of rotatable bonds is 4. The number of fused-ring (bicyclic) bond motifs is 1. The minimum atomic E-state index is -0.840. The summed E-state index contributed by atoms with van der Waals surface area (Å²) < 4.78 is 6.52. The zero-order chi connectivity index (χ0) is 26.6. The van der Waals surface area contributed by atoms with E-state index >= 15 is 0 Å². The molecule has 1 saturated heterocycles. The number of aryl methyl sites for hydroxylation is 5. The number of methoxy groups -OCH3 is 1. The number of benzene rings is 3. The predicted octanol–water partition coefficient (Wildman–Crippen LogP) is 6.47. The van der Waals surface area contributed by atoms with Crippen LogP contribution in [0.1, 0.15) is 45.0 Å². The van der Waals surface area contributed by atoms with Crippen molar-refractivity contribution in [1.82, 2.24) is 4.98 Å². The van der Waals surface area contributed by atoms with Gasteiger partial charge in [-0.1, -0.05) is 47.2 Å². The Labute approximate surface area is 219 Å². The number of carbonyl (C=O) groups excluding carboxylic acids is 2. The molecule has 1 unspecified atom stereocenters. The number of aromatic nitrogens is 1. The number of aliphatic hydroxyl groups excluding tert-OH is 1. The third-order valence-electron chi connectivity index (χ3n) is 6.88. The fourth-order valence-electron chi connectivity index (χ4n) is 5.00. The van der Waals surface area contributed by atoms with E-state index in [4.69, 9.17) is 9.72 Å². The van der Waals surface area contributed by atoms with Crippen LogP contribution in [0.4, 0.5) is 5.13 Å². The first-order chi connectivity index (χ1) is 17.6. The number of ether oxygens (including phenoxy) is 1. The number of thiazole rings is 1. The number of carbonyl (C=O) groups is 2. The molecule has 6 nitrogen and oxygen atoms in total. The summed E-state index contributed by atoms with van der Waals surface area (Å²) in [4.78, 5) is 33.4. The van der Waals surface area contributed by atoms with E-state index in [1.807, 2.05) is 77.1 Å². The quantitative estimate of drug-likeness (QED) is 0.192. The summed E-state index contributed by atoms with van der Waals surface area (Å²) in [6, 6.07) is 14.5. The normalized spacial score (nSPS) is 17.1. The molecule has 0 saturated carbocycles. The van der Waals surface area contributed by atoms with Gasteiger partial charge in [0.15, 0.2) is 5.13 Å². The number of Topliss-reactive ketones (excluding diaryl/α,β-unsaturated/α-hetero) is 1. The van der Waals surface area contributed by atoms with E-state index in [0.717, 1.165) is 43.6 Å². The standard InChI is InChI=1S/C30H28N2O4S/c1-15-8-7-9-20(11-15)25-24(26(33)21-12-16(2)10-19(5)28(21)36-6)27(34)29(35)32(25)30-31-22-13-17(3)18(4)14-23(22)37-30/h7-14,25,33H,1-6H3/b26-24+. The van der Waals surface area contributed by atoms with Crippen molar-refractivity contribution in [1.29, 1.82) is 0 Å². The Morgan fingerprint density at radius 1 is 0.946 bits per heavy atom. The molecular formula is C30H28N2O4S. The van der Waals surface area contributed by atoms with E-state index in [-0.39, 0.29) is 11.3 Å². The van der Waals surface area contributed by atoms with Crippen LogP contribution in [0.5, 0.6) is 5.75 Å². The summed E-state index contributed by atoms with van der Waals surface area (Å²) in [5, 5.41) is 12.0. The van der Waals surface area contributed by atoms with E-state index in [1.54, 1.807) is 6.07 Å². The summed E-state index contributed by atoms with van der Waals surface area (Å²) in [6.45, 7) is 9.79. The van der Waals surface area contributed by atoms with Crippen molar-refractivity contribution in [3.05, 3.63) is 93.0 Å². The van der Waals surface area contributed by atoms with Crippen molar-refractivity contribution in [2.75, 3.05) is 12.0 Å². The zero-order valence-electron chi connectivity index (χ0n) is 21.7. The van der Waals surface area contributed by atoms with Gasteiger partial charge in [-0.2, -0.15) is 0 Å². The smallest absolute Gasteiger partial charge is 0.301 e. The first-order valence-electron chi connectivity index (χ1n) is 12.0. The number of anilines is 1. The molecule has 1 N–H and O–H groups in total. The second-order valence-corrected chi connectivity index (χ2v) is 10.7. The SMILES string of the molecule is COc1c(C)cc(C)cc1/C(O)=C1\C(=O)C(=O)N(c2nc3cc(C)c(C)cc3s2)C1c1cccc(C)c1. The van der Waals surface area contributed by atoms with Gasteiger partial charge < -0.3 is 9.84 Å². The van der Waals surface area contributed by atoms with Crippen LogP contribution in [-0.4, -0.2) is 28.9 Å². The van der Waals surface area contributed by atoms with Crippen LogP contribution < -0.4 is 9.64 Å². The number of aliphatic hydroxyl groups is 1. The highest BCUT2D eigenvalue weighted by molar-refractivity contribution is 7.22. The van der Waals surface area contributed by atoms with Gasteiger partial charge in [0.05, 0.1) is 34.5 Å². The first-order valence-corrected chi connectivity index (χ1v) is 12.8. The van der Waals surface area contributed by atoms with Crippen LogP contribution in [0.15, 0.2) is 54.1 Å². The van der Waals surface area contributed by atoms with Gasteiger partial charge in [0.25, 0.3) is 5.78 Å². The molecule has 4 aromatic rings. The molecule has 7 heteroatoms. The number of hydrogen-bond acceptors (Lipinski definition) is 6. The molecule has 1 aromatic heterocycles. The van der Waals surface area contributed by atoms with Crippen molar-refractivity contribution in [2.45, 2.75) is 40.7 Å². The molecule has 1 aliphatic heterocycles. The molecule has 1 amide bonds. The van der Waals surface area contributed by atoms with Crippen molar-refractivity contribution in [2.24, 2.45) is 0 Å². The van der Waals surface area contributed by atoms with Gasteiger partial charge in [-0.05, 0) is 80.6 Å². The van der Waals surface area contributed by atoms with Gasteiger partial charge in [0, 0.05) is 0 Å². The van der Waals surface area contributed by atoms with Gasteiger partial charge in [-0.15, -0.1) is 0 Å². The topological polar surface area (TPSA) is 79.7 Å². The number of ketones is 1. The molecule has 2 heterocycles. The molecule has 0 bridgehead atoms. The average Bonchev–Trinajstić information content (AvgIpc) is 3.36. The highest BCUT2D eigenvalue weighted by Gasteiger charge is 2.48.